The van der Waals surface area contributed by atoms with E-state index in [0.717, 1.165) is 17.7 Å². The minimum Gasteiger partial charge on any atom is -0.329 e. The lowest BCUT2D eigenvalue weighted by Crippen LogP contribution is -2.08. The molecule has 0 saturated heterocycles. The molecule has 0 spiro atoms. The third-order valence-electron chi connectivity index (χ3n) is 2.29. The fourth-order valence-electron chi connectivity index (χ4n) is 1.43. The minimum atomic E-state index is -0.435. The van der Waals surface area contributed by atoms with Crippen LogP contribution in [0.15, 0.2) is 39.9 Å². The van der Waals surface area contributed by atoms with Gasteiger partial charge in [0.1, 0.15) is 11.6 Å². The normalized spacial score (nSPS) is 12.6. The van der Waals surface area contributed by atoms with Gasteiger partial charge in [0.15, 0.2) is 0 Å². The summed E-state index contributed by atoms with van der Waals surface area (Å²) >= 11 is 2.82. The summed E-state index contributed by atoms with van der Waals surface area (Å²) in [6, 6.07) is 5.40. The molecular formula is C12H11F2NS2. The highest BCUT2D eigenvalue weighted by atomic mass is 32.2. The molecule has 0 aliphatic heterocycles. The van der Waals surface area contributed by atoms with Gasteiger partial charge in [0, 0.05) is 16.7 Å². The number of thioether (sulfide) groups is 1. The van der Waals surface area contributed by atoms with Crippen LogP contribution in [0.5, 0.6) is 0 Å². The van der Waals surface area contributed by atoms with Gasteiger partial charge in [-0.15, -0.1) is 11.8 Å². The average molecular weight is 271 g/mol. The van der Waals surface area contributed by atoms with E-state index in [4.69, 9.17) is 5.73 Å². The van der Waals surface area contributed by atoms with E-state index >= 15 is 0 Å². The van der Waals surface area contributed by atoms with Crippen molar-refractivity contribution >= 4 is 23.1 Å². The van der Waals surface area contributed by atoms with Crippen LogP contribution >= 0.6 is 23.1 Å². The summed E-state index contributed by atoms with van der Waals surface area (Å²) < 4.78 is 26.5. The quantitative estimate of drug-likeness (QED) is 0.856. The van der Waals surface area contributed by atoms with Crippen molar-refractivity contribution in [3.05, 3.63) is 52.2 Å². The molecular weight excluding hydrogens is 260 g/mol. The van der Waals surface area contributed by atoms with Crippen LogP contribution in [0.3, 0.4) is 0 Å². The topological polar surface area (TPSA) is 26.0 Å². The Kier molecular flexibility index (Phi) is 4.15. The molecule has 1 aromatic carbocycles. The molecule has 17 heavy (non-hydrogen) atoms. The highest BCUT2D eigenvalue weighted by molar-refractivity contribution is 7.99. The van der Waals surface area contributed by atoms with E-state index in [1.165, 1.54) is 17.8 Å². The summed E-state index contributed by atoms with van der Waals surface area (Å²) in [5.74, 6) is -0.847. The molecule has 0 amide bonds. The maximum atomic E-state index is 13.5. The van der Waals surface area contributed by atoms with E-state index in [1.54, 1.807) is 11.3 Å². The highest BCUT2D eigenvalue weighted by Crippen LogP contribution is 2.36. The van der Waals surface area contributed by atoms with Crippen molar-refractivity contribution in [2.45, 2.75) is 10.1 Å². The van der Waals surface area contributed by atoms with Crippen LogP contribution in [0, 0.1) is 11.6 Å². The van der Waals surface area contributed by atoms with Crippen molar-refractivity contribution in [2.24, 2.45) is 5.73 Å². The van der Waals surface area contributed by atoms with Gasteiger partial charge < -0.3 is 5.73 Å². The number of nitrogens with two attached hydrogens (primary N) is 1. The number of hydrogen-bond acceptors (Lipinski definition) is 3. The van der Waals surface area contributed by atoms with Gasteiger partial charge in [0.2, 0.25) is 0 Å². The molecule has 0 aliphatic carbocycles. The lowest BCUT2D eigenvalue weighted by molar-refractivity contribution is 0.576. The van der Waals surface area contributed by atoms with Crippen molar-refractivity contribution < 1.29 is 8.78 Å². The largest absolute Gasteiger partial charge is 0.329 e. The summed E-state index contributed by atoms with van der Waals surface area (Å²) in [7, 11) is 0. The Morgan fingerprint density at radius 2 is 2.12 bits per heavy atom. The first-order valence-electron chi connectivity index (χ1n) is 5.04. The van der Waals surface area contributed by atoms with Crippen molar-refractivity contribution in [1.29, 1.82) is 0 Å². The van der Waals surface area contributed by atoms with Crippen molar-refractivity contribution in [2.75, 3.05) is 6.54 Å². The second-order valence-electron chi connectivity index (χ2n) is 3.47. The predicted molar refractivity (Wildman–Crippen MR) is 68.3 cm³/mol. The Morgan fingerprint density at radius 3 is 2.76 bits per heavy atom. The second-order valence-corrected chi connectivity index (χ2v) is 5.50. The maximum absolute atomic E-state index is 13.5. The lowest BCUT2D eigenvalue weighted by atomic mass is 10.2. The third-order valence-corrected chi connectivity index (χ3v) is 4.31. The molecule has 90 valence electrons. The summed E-state index contributed by atoms with van der Waals surface area (Å²) in [5.41, 5.74) is 6.71. The SMILES string of the molecule is NCC(Sc1cc(F)ccc1F)c1ccsc1. The predicted octanol–water partition coefficient (Wildman–Crippen LogP) is 3.82. The summed E-state index contributed by atoms with van der Waals surface area (Å²) in [6.45, 7) is 0.386. The van der Waals surface area contributed by atoms with Gasteiger partial charge in [0.05, 0.1) is 0 Å². The van der Waals surface area contributed by atoms with Gasteiger partial charge >= 0.3 is 0 Å². The zero-order valence-electron chi connectivity index (χ0n) is 8.90. The van der Waals surface area contributed by atoms with Gasteiger partial charge in [-0.1, -0.05) is 0 Å². The van der Waals surface area contributed by atoms with Crippen LogP contribution in [0.4, 0.5) is 8.78 Å². The van der Waals surface area contributed by atoms with E-state index in [1.807, 2.05) is 16.8 Å². The number of benzene rings is 1. The van der Waals surface area contributed by atoms with Gasteiger partial charge in [-0.05, 0) is 40.6 Å². The minimum absolute atomic E-state index is 0.0439. The monoisotopic (exact) mass is 271 g/mol. The fourth-order valence-corrected chi connectivity index (χ4v) is 3.28. The molecule has 1 nitrogen and oxygen atoms in total. The third kappa shape index (κ3) is 3.06. The Bertz CT molecular complexity index is 485. The Balaban J connectivity index is 2.21. The van der Waals surface area contributed by atoms with E-state index < -0.39 is 11.6 Å². The van der Waals surface area contributed by atoms with E-state index in [9.17, 15) is 8.78 Å². The smallest absolute Gasteiger partial charge is 0.136 e. The first-order chi connectivity index (χ1) is 8.20. The number of rotatable bonds is 4. The van der Waals surface area contributed by atoms with Crippen molar-refractivity contribution in [3.8, 4) is 0 Å². The first-order valence-corrected chi connectivity index (χ1v) is 6.87. The standard InChI is InChI=1S/C12H11F2NS2/c13-9-1-2-10(14)11(5-9)17-12(6-15)8-3-4-16-7-8/h1-5,7,12H,6,15H2. The molecule has 1 aromatic heterocycles. The van der Waals surface area contributed by atoms with Crippen LogP contribution in [-0.4, -0.2) is 6.54 Å². The lowest BCUT2D eigenvalue weighted by Gasteiger charge is -2.13. The van der Waals surface area contributed by atoms with Crippen LogP contribution < -0.4 is 5.73 Å². The van der Waals surface area contributed by atoms with Crippen LogP contribution in [0.2, 0.25) is 0 Å². The molecule has 1 heterocycles. The average Bonchev–Trinajstić information content (AvgIpc) is 2.84. The molecule has 5 heteroatoms. The van der Waals surface area contributed by atoms with Gasteiger partial charge in [-0.25, -0.2) is 8.78 Å². The number of halogens is 2. The number of hydrogen-bond donors (Lipinski definition) is 1. The zero-order chi connectivity index (χ0) is 12.3. The van der Waals surface area contributed by atoms with Gasteiger partial charge in [-0.2, -0.15) is 11.3 Å². The first kappa shape index (κ1) is 12.5. The summed E-state index contributed by atoms with van der Waals surface area (Å²) in [4.78, 5) is 0.298. The number of thiophene rings is 1. The van der Waals surface area contributed by atoms with Gasteiger partial charge in [0.25, 0.3) is 0 Å². The molecule has 2 aromatic rings. The Labute approximate surface area is 107 Å². The molecule has 0 aliphatic rings. The molecule has 1 unspecified atom stereocenters. The van der Waals surface area contributed by atoms with Crippen molar-refractivity contribution in [1.82, 2.24) is 0 Å². The Hall–Kier alpha value is -0.910. The summed E-state index contributed by atoms with van der Waals surface area (Å²) in [6.07, 6.45) is 0. The Morgan fingerprint density at radius 1 is 1.29 bits per heavy atom. The summed E-state index contributed by atoms with van der Waals surface area (Å²) in [5, 5.41) is 3.87. The zero-order valence-corrected chi connectivity index (χ0v) is 10.5. The van der Waals surface area contributed by atoms with Crippen LogP contribution in [0.25, 0.3) is 0 Å². The van der Waals surface area contributed by atoms with Gasteiger partial charge in [-0.3, -0.25) is 0 Å². The maximum Gasteiger partial charge on any atom is 0.136 e. The van der Waals surface area contributed by atoms with Crippen molar-refractivity contribution in [3.63, 3.8) is 0 Å². The highest BCUT2D eigenvalue weighted by Gasteiger charge is 2.14. The fraction of sp³-hybridized carbons (Fsp3) is 0.167. The molecule has 0 radical (unpaired) electrons. The molecule has 0 fully saturated rings. The molecule has 0 saturated carbocycles. The molecule has 1 atom stereocenters. The second kappa shape index (κ2) is 5.62. The molecule has 2 N–H and O–H groups in total. The molecule has 0 bridgehead atoms. The van der Waals surface area contributed by atoms with Crippen LogP contribution in [-0.2, 0) is 0 Å². The van der Waals surface area contributed by atoms with E-state index in [2.05, 4.69) is 0 Å². The van der Waals surface area contributed by atoms with E-state index in [0.29, 0.717) is 11.4 Å². The molecule has 2 rings (SSSR count). The van der Waals surface area contributed by atoms with E-state index in [-0.39, 0.29) is 5.25 Å². The van der Waals surface area contributed by atoms with Crippen LogP contribution in [0.1, 0.15) is 10.8 Å².